The lowest BCUT2D eigenvalue weighted by Gasteiger charge is -2.07. The van der Waals surface area contributed by atoms with Crippen LogP contribution in [-0.4, -0.2) is 27.9 Å². The number of ketones is 1. The average molecular weight is 307 g/mol. The molecule has 5 nitrogen and oxygen atoms in total. The predicted molar refractivity (Wildman–Crippen MR) is 75.7 cm³/mol. The van der Waals surface area contributed by atoms with Gasteiger partial charge in [-0.15, -0.1) is 11.3 Å². The van der Waals surface area contributed by atoms with Crippen LogP contribution in [0.25, 0.3) is 10.2 Å². The van der Waals surface area contributed by atoms with Gasteiger partial charge in [-0.25, -0.2) is 9.78 Å². The van der Waals surface area contributed by atoms with Crippen LogP contribution in [-0.2, 0) is 14.3 Å². The molecule has 1 unspecified atom stereocenters. The summed E-state index contributed by atoms with van der Waals surface area (Å²) in [5.74, 6) is -1.70. The number of fused-ring (bicyclic) bond motifs is 1. The molecule has 0 aliphatic carbocycles. The molecule has 0 saturated carbocycles. The molecule has 0 bridgehead atoms. The molecule has 0 fully saturated rings. The van der Waals surface area contributed by atoms with E-state index in [0.29, 0.717) is 4.34 Å². The molecule has 1 N–H and O–H groups in total. The van der Waals surface area contributed by atoms with Crippen molar-refractivity contribution in [2.24, 2.45) is 0 Å². The van der Waals surface area contributed by atoms with Gasteiger partial charge in [0.2, 0.25) is 5.76 Å². The number of carbonyl (C=O) groups excluding carboxylic acids is 2. The number of nitrogens with zero attached hydrogens (tertiary/aromatic N) is 1. The van der Waals surface area contributed by atoms with Crippen molar-refractivity contribution in [3.8, 4) is 0 Å². The van der Waals surface area contributed by atoms with Crippen molar-refractivity contribution < 1.29 is 19.4 Å². The molecule has 1 atom stereocenters. The third-order valence-corrected chi connectivity index (χ3v) is 4.95. The highest BCUT2D eigenvalue weighted by Gasteiger charge is 2.38. The van der Waals surface area contributed by atoms with Crippen molar-refractivity contribution >= 4 is 45.1 Å². The van der Waals surface area contributed by atoms with Crippen LogP contribution in [0, 0.1) is 0 Å². The Morgan fingerprint density at radius 1 is 1.45 bits per heavy atom. The van der Waals surface area contributed by atoms with Crippen LogP contribution in [0.15, 0.2) is 39.3 Å². The molecule has 3 rings (SSSR count). The standard InChI is InChI=1S/C13H9NO4S2/c1-6(15)10-11(9(16)12(17)18-10)20-13-14-7-4-2-3-5-8(7)19-13/h2-5,10,16H,1H3. The maximum absolute atomic E-state index is 11.5. The van der Waals surface area contributed by atoms with Gasteiger partial charge in [-0.05, 0) is 19.1 Å². The number of cyclic esters (lactones) is 1. The first-order chi connectivity index (χ1) is 9.56. The Morgan fingerprint density at radius 2 is 2.20 bits per heavy atom. The SMILES string of the molecule is CC(=O)C1OC(=O)C(O)=C1Sc1nc2ccccc2s1. The lowest BCUT2D eigenvalue weighted by molar-refractivity contribution is -0.147. The minimum absolute atomic E-state index is 0.210. The van der Waals surface area contributed by atoms with E-state index in [-0.39, 0.29) is 10.7 Å². The summed E-state index contributed by atoms with van der Waals surface area (Å²) >= 11 is 2.53. The molecule has 2 aromatic rings. The van der Waals surface area contributed by atoms with Crippen LogP contribution in [0.2, 0.25) is 0 Å². The van der Waals surface area contributed by atoms with Gasteiger partial charge < -0.3 is 9.84 Å². The van der Waals surface area contributed by atoms with Crippen LogP contribution < -0.4 is 0 Å². The van der Waals surface area contributed by atoms with Crippen molar-refractivity contribution in [1.82, 2.24) is 4.98 Å². The highest BCUT2D eigenvalue weighted by atomic mass is 32.2. The number of aliphatic hydroxyl groups excluding tert-OH is 1. The third-order valence-electron chi connectivity index (χ3n) is 2.73. The number of Topliss-reactive ketones (excluding diaryl/α,β-unsaturated/α-hetero) is 1. The molecule has 1 aromatic heterocycles. The number of aromatic nitrogens is 1. The first-order valence-electron chi connectivity index (χ1n) is 5.74. The highest BCUT2D eigenvalue weighted by Crippen LogP contribution is 2.39. The van der Waals surface area contributed by atoms with Crippen LogP contribution >= 0.6 is 23.1 Å². The van der Waals surface area contributed by atoms with E-state index < -0.39 is 17.8 Å². The van der Waals surface area contributed by atoms with Gasteiger partial charge in [0.25, 0.3) is 0 Å². The van der Waals surface area contributed by atoms with E-state index in [9.17, 15) is 14.7 Å². The van der Waals surface area contributed by atoms with Crippen molar-refractivity contribution in [2.75, 3.05) is 0 Å². The minimum atomic E-state index is -1.03. The largest absolute Gasteiger partial charge is 0.501 e. The number of thiazole rings is 1. The molecule has 1 aliphatic heterocycles. The Bertz CT molecular complexity index is 717. The topological polar surface area (TPSA) is 76.5 Å². The molecule has 1 aromatic carbocycles. The van der Waals surface area contributed by atoms with Crippen molar-refractivity contribution in [3.05, 3.63) is 34.9 Å². The van der Waals surface area contributed by atoms with Crippen LogP contribution in [0.4, 0.5) is 0 Å². The van der Waals surface area contributed by atoms with Crippen molar-refractivity contribution in [2.45, 2.75) is 17.4 Å². The Kier molecular flexibility index (Phi) is 3.23. The molecule has 1 aliphatic rings. The van der Waals surface area contributed by atoms with E-state index in [0.717, 1.165) is 22.0 Å². The van der Waals surface area contributed by atoms with Gasteiger partial charge in [0.15, 0.2) is 16.2 Å². The quantitative estimate of drug-likeness (QED) is 0.879. The fourth-order valence-corrected chi connectivity index (χ4v) is 4.03. The second-order valence-electron chi connectivity index (χ2n) is 4.16. The number of rotatable bonds is 3. The fourth-order valence-electron chi connectivity index (χ4n) is 1.80. The first-order valence-corrected chi connectivity index (χ1v) is 7.37. The van der Waals surface area contributed by atoms with E-state index in [1.807, 2.05) is 24.3 Å². The number of carbonyl (C=O) groups is 2. The fraction of sp³-hybridized carbons (Fsp3) is 0.154. The number of thioether (sulfide) groups is 1. The molecule has 0 saturated heterocycles. The minimum Gasteiger partial charge on any atom is -0.501 e. The number of benzene rings is 1. The Balaban J connectivity index is 1.96. The summed E-state index contributed by atoms with van der Waals surface area (Å²) in [5.41, 5.74) is 0.838. The molecule has 20 heavy (non-hydrogen) atoms. The lowest BCUT2D eigenvalue weighted by atomic mass is 10.2. The number of ether oxygens (including phenoxy) is 1. The Labute approximate surface area is 122 Å². The number of hydrogen-bond acceptors (Lipinski definition) is 7. The zero-order chi connectivity index (χ0) is 14.3. The highest BCUT2D eigenvalue weighted by molar-refractivity contribution is 8.04. The molecule has 0 radical (unpaired) electrons. The van der Waals surface area contributed by atoms with Gasteiger partial charge in [-0.3, -0.25) is 4.79 Å². The second kappa shape index (κ2) is 4.92. The average Bonchev–Trinajstić information content (AvgIpc) is 2.94. The summed E-state index contributed by atoms with van der Waals surface area (Å²) in [5, 5.41) is 9.72. The molecule has 0 spiro atoms. The van der Waals surface area contributed by atoms with E-state index >= 15 is 0 Å². The predicted octanol–water partition coefficient (Wildman–Crippen LogP) is 2.67. The van der Waals surface area contributed by atoms with Gasteiger partial charge in [0.1, 0.15) is 0 Å². The maximum atomic E-state index is 11.5. The summed E-state index contributed by atoms with van der Waals surface area (Å²) in [4.78, 5) is 27.4. The van der Waals surface area contributed by atoms with E-state index in [1.54, 1.807) is 0 Å². The van der Waals surface area contributed by atoms with Crippen molar-refractivity contribution in [3.63, 3.8) is 0 Å². The smallest absolute Gasteiger partial charge is 0.375 e. The maximum Gasteiger partial charge on any atom is 0.375 e. The van der Waals surface area contributed by atoms with E-state index in [4.69, 9.17) is 4.74 Å². The van der Waals surface area contributed by atoms with Crippen LogP contribution in [0.1, 0.15) is 6.92 Å². The summed E-state index contributed by atoms with van der Waals surface area (Å²) in [6.45, 7) is 1.31. The van der Waals surface area contributed by atoms with E-state index in [1.165, 1.54) is 18.3 Å². The van der Waals surface area contributed by atoms with E-state index in [2.05, 4.69) is 4.98 Å². The monoisotopic (exact) mass is 307 g/mol. The summed E-state index contributed by atoms with van der Waals surface area (Å²) < 4.78 is 6.49. The molecular weight excluding hydrogens is 298 g/mol. The van der Waals surface area contributed by atoms with Gasteiger partial charge in [0, 0.05) is 0 Å². The number of aliphatic hydroxyl groups is 1. The van der Waals surface area contributed by atoms with Crippen LogP contribution in [0.3, 0.4) is 0 Å². The number of para-hydroxylation sites is 1. The Hall–Kier alpha value is -1.86. The molecule has 0 amide bonds. The second-order valence-corrected chi connectivity index (χ2v) is 6.48. The first kappa shape index (κ1) is 13.1. The Morgan fingerprint density at radius 3 is 2.90 bits per heavy atom. The summed E-state index contributed by atoms with van der Waals surface area (Å²) in [6, 6.07) is 7.60. The molecular formula is C13H9NO4S2. The summed E-state index contributed by atoms with van der Waals surface area (Å²) in [7, 11) is 0. The lowest BCUT2D eigenvalue weighted by Crippen LogP contribution is -2.19. The van der Waals surface area contributed by atoms with Crippen LogP contribution in [0.5, 0.6) is 0 Å². The van der Waals surface area contributed by atoms with Crippen molar-refractivity contribution in [1.29, 1.82) is 0 Å². The molecule has 2 heterocycles. The normalized spacial score (nSPS) is 18.6. The summed E-state index contributed by atoms with van der Waals surface area (Å²) in [6.07, 6.45) is -1.03. The third kappa shape index (κ3) is 2.19. The zero-order valence-corrected chi connectivity index (χ0v) is 12.0. The van der Waals surface area contributed by atoms with Gasteiger partial charge in [-0.1, -0.05) is 23.9 Å². The molecule has 7 heteroatoms. The zero-order valence-electron chi connectivity index (χ0n) is 10.3. The molecule has 102 valence electrons. The number of hydrogen-bond donors (Lipinski definition) is 1. The van der Waals surface area contributed by atoms with Gasteiger partial charge >= 0.3 is 5.97 Å². The number of esters is 1. The van der Waals surface area contributed by atoms with Gasteiger partial charge in [-0.2, -0.15) is 0 Å². The van der Waals surface area contributed by atoms with Gasteiger partial charge in [0.05, 0.1) is 15.1 Å².